The fourth-order valence-corrected chi connectivity index (χ4v) is 6.47. The van der Waals surface area contributed by atoms with Crippen molar-refractivity contribution in [3.05, 3.63) is 163 Å². The second-order valence-corrected chi connectivity index (χ2v) is 10.7. The summed E-state index contributed by atoms with van der Waals surface area (Å²) in [6.45, 7) is 0.845. The molecule has 0 amide bonds. The van der Waals surface area contributed by atoms with E-state index in [1.54, 1.807) is 0 Å². The van der Waals surface area contributed by atoms with Crippen LogP contribution in [0.3, 0.4) is 0 Å². The molecule has 0 aromatic heterocycles. The van der Waals surface area contributed by atoms with Gasteiger partial charge in [-0.25, -0.2) is 0 Å². The van der Waals surface area contributed by atoms with Gasteiger partial charge in [0.25, 0.3) is 0 Å². The van der Waals surface area contributed by atoms with Gasteiger partial charge in [-0.1, -0.05) is 140 Å². The average molecular weight is 525 g/mol. The standard InChI is InChI=1S/C39H28N2/c1-3-12-28(13-4-1)36-20-11-21-37-40-35(26-41(36)37)27-22-24-30(25-23-27)39-33-18-9-7-16-31(33)38(29-14-5-2-6-15-29)32-17-8-10-19-34(32)39/h1-25,35H,26H2. The van der Waals surface area contributed by atoms with Crippen LogP contribution in [0.1, 0.15) is 17.2 Å². The smallest absolute Gasteiger partial charge is 0.128 e. The van der Waals surface area contributed by atoms with Crippen LogP contribution in [-0.2, 0) is 0 Å². The Hall–Kier alpha value is -5.21. The molecule has 1 atom stereocenters. The monoisotopic (exact) mass is 524 g/mol. The molecule has 6 aromatic carbocycles. The van der Waals surface area contributed by atoms with Gasteiger partial charge in [-0.05, 0) is 67.1 Å². The van der Waals surface area contributed by atoms with Crippen molar-refractivity contribution in [2.24, 2.45) is 4.99 Å². The molecule has 6 aromatic rings. The number of fused-ring (bicyclic) bond motifs is 3. The van der Waals surface area contributed by atoms with Crippen molar-refractivity contribution >= 4 is 33.1 Å². The van der Waals surface area contributed by atoms with E-state index < -0.39 is 0 Å². The minimum Gasteiger partial charge on any atom is -0.324 e. The van der Waals surface area contributed by atoms with Gasteiger partial charge in [0.1, 0.15) is 5.84 Å². The van der Waals surface area contributed by atoms with Crippen molar-refractivity contribution in [3.8, 4) is 22.3 Å². The first-order valence-corrected chi connectivity index (χ1v) is 14.2. The normalized spacial score (nSPS) is 16.1. The van der Waals surface area contributed by atoms with E-state index >= 15 is 0 Å². The Labute approximate surface area is 240 Å². The van der Waals surface area contributed by atoms with Gasteiger partial charge in [-0.2, -0.15) is 0 Å². The van der Waals surface area contributed by atoms with E-state index in [2.05, 4.69) is 157 Å². The third-order valence-corrected chi connectivity index (χ3v) is 8.36. The minimum atomic E-state index is 0.0999. The molecule has 0 fully saturated rings. The highest BCUT2D eigenvalue weighted by molar-refractivity contribution is 6.21. The van der Waals surface area contributed by atoms with E-state index in [0.717, 1.165) is 12.4 Å². The molecule has 2 aliphatic heterocycles. The molecule has 0 N–H and O–H groups in total. The van der Waals surface area contributed by atoms with Crippen LogP contribution < -0.4 is 0 Å². The predicted molar refractivity (Wildman–Crippen MR) is 173 cm³/mol. The summed E-state index contributed by atoms with van der Waals surface area (Å²) in [5.41, 5.74) is 8.73. The van der Waals surface area contributed by atoms with Gasteiger partial charge in [-0.3, -0.25) is 4.99 Å². The molecule has 8 rings (SSSR count). The SMILES string of the molecule is C1=CC2=NC(c3ccc(-c4c5ccccc5c(-c5ccccc5)c5ccccc45)cc3)CN2C(c2ccccc2)=C1. The third-order valence-electron chi connectivity index (χ3n) is 8.36. The molecule has 2 aliphatic rings. The molecule has 0 spiro atoms. The summed E-state index contributed by atoms with van der Waals surface area (Å²) in [6, 6.07) is 48.2. The molecular weight excluding hydrogens is 496 g/mol. The number of hydrogen-bond acceptors (Lipinski definition) is 2. The molecular formula is C39H28N2. The Morgan fingerprint density at radius 2 is 1.00 bits per heavy atom. The van der Waals surface area contributed by atoms with Crippen molar-refractivity contribution in [3.63, 3.8) is 0 Å². The Balaban J connectivity index is 1.20. The van der Waals surface area contributed by atoms with Crippen LogP contribution in [0.4, 0.5) is 0 Å². The highest BCUT2D eigenvalue weighted by atomic mass is 15.3. The van der Waals surface area contributed by atoms with Gasteiger partial charge in [0.15, 0.2) is 0 Å². The third kappa shape index (κ3) is 3.99. The molecule has 2 nitrogen and oxygen atoms in total. The maximum atomic E-state index is 5.12. The second kappa shape index (κ2) is 9.76. The zero-order chi connectivity index (χ0) is 27.2. The maximum absolute atomic E-state index is 5.12. The molecule has 2 heteroatoms. The summed E-state index contributed by atoms with van der Waals surface area (Å²) in [5, 5.41) is 5.11. The van der Waals surface area contributed by atoms with Crippen molar-refractivity contribution in [2.45, 2.75) is 6.04 Å². The Bertz CT molecular complexity index is 1940. The second-order valence-electron chi connectivity index (χ2n) is 10.7. The number of allylic oxidation sites excluding steroid dienone is 2. The number of nitrogens with zero attached hydrogens (tertiary/aromatic N) is 2. The summed E-state index contributed by atoms with van der Waals surface area (Å²) in [6.07, 6.45) is 6.42. The molecule has 194 valence electrons. The lowest BCUT2D eigenvalue weighted by Gasteiger charge is -2.25. The van der Waals surface area contributed by atoms with Gasteiger partial charge >= 0.3 is 0 Å². The fraction of sp³-hybridized carbons (Fsp3) is 0.0513. The van der Waals surface area contributed by atoms with E-state index in [0.29, 0.717) is 0 Å². The summed E-state index contributed by atoms with van der Waals surface area (Å²) in [7, 11) is 0. The van der Waals surface area contributed by atoms with Gasteiger partial charge in [0.05, 0.1) is 12.6 Å². The lowest BCUT2D eigenvalue weighted by molar-refractivity contribution is 0.570. The minimum absolute atomic E-state index is 0.0999. The first kappa shape index (κ1) is 23.7. The highest BCUT2D eigenvalue weighted by Gasteiger charge is 2.29. The Kier molecular flexibility index (Phi) is 5.63. The first-order valence-electron chi connectivity index (χ1n) is 14.2. The molecule has 0 saturated heterocycles. The molecule has 0 radical (unpaired) electrons. The van der Waals surface area contributed by atoms with E-state index in [4.69, 9.17) is 4.99 Å². The van der Waals surface area contributed by atoms with Crippen LogP contribution in [0.5, 0.6) is 0 Å². The van der Waals surface area contributed by atoms with Gasteiger partial charge in [-0.15, -0.1) is 0 Å². The van der Waals surface area contributed by atoms with Crippen molar-refractivity contribution in [2.75, 3.05) is 6.54 Å². The van der Waals surface area contributed by atoms with Crippen molar-refractivity contribution in [1.29, 1.82) is 0 Å². The zero-order valence-corrected chi connectivity index (χ0v) is 22.6. The van der Waals surface area contributed by atoms with E-state index in [-0.39, 0.29) is 6.04 Å². The van der Waals surface area contributed by atoms with Crippen LogP contribution in [0.15, 0.2) is 157 Å². The molecule has 41 heavy (non-hydrogen) atoms. The van der Waals surface area contributed by atoms with Crippen LogP contribution in [-0.4, -0.2) is 17.3 Å². The summed E-state index contributed by atoms with van der Waals surface area (Å²) < 4.78 is 0. The Morgan fingerprint density at radius 3 is 1.56 bits per heavy atom. The zero-order valence-electron chi connectivity index (χ0n) is 22.6. The van der Waals surface area contributed by atoms with E-state index in [1.807, 2.05) is 0 Å². The number of benzene rings is 6. The lowest BCUT2D eigenvalue weighted by Crippen LogP contribution is -2.27. The summed E-state index contributed by atoms with van der Waals surface area (Å²) in [5.74, 6) is 1.04. The first-order chi connectivity index (χ1) is 20.3. The Morgan fingerprint density at radius 1 is 0.512 bits per heavy atom. The van der Waals surface area contributed by atoms with Crippen LogP contribution >= 0.6 is 0 Å². The largest absolute Gasteiger partial charge is 0.324 e. The predicted octanol–water partition coefficient (Wildman–Crippen LogP) is 9.69. The molecule has 1 unspecified atom stereocenters. The summed E-state index contributed by atoms with van der Waals surface area (Å²) in [4.78, 5) is 7.46. The van der Waals surface area contributed by atoms with Crippen molar-refractivity contribution in [1.82, 2.24) is 4.90 Å². The molecule has 2 heterocycles. The number of aliphatic imine (C=N–C) groups is 1. The van der Waals surface area contributed by atoms with Crippen molar-refractivity contribution < 1.29 is 0 Å². The van der Waals surface area contributed by atoms with Gasteiger partial charge in [0, 0.05) is 5.70 Å². The average Bonchev–Trinajstić information content (AvgIpc) is 3.49. The highest BCUT2D eigenvalue weighted by Crippen LogP contribution is 2.44. The molecule has 0 aliphatic carbocycles. The lowest BCUT2D eigenvalue weighted by atomic mass is 9.86. The molecule has 0 bridgehead atoms. The quantitative estimate of drug-likeness (QED) is 0.210. The maximum Gasteiger partial charge on any atom is 0.128 e. The van der Waals surface area contributed by atoms with E-state index in [9.17, 15) is 0 Å². The van der Waals surface area contributed by atoms with Crippen LogP contribution in [0.25, 0.3) is 49.5 Å². The van der Waals surface area contributed by atoms with E-state index in [1.165, 1.54) is 60.6 Å². The fourth-order valence-electron chi connectivity index (χ4n) is 6.47. The summed E-state index contributed by atoms with van der Waals surface area (Å²) >= 11 is 0. The van der Waals surface area contributed by atoms with Gasteiger partial charge < -0.3 is 4.90 Å². The van der Waals surface area contributed by atoms with Gasteiger partial charge in [0.2, 0.25) is 0 Å². The number of hydrogen-bond donors (Lipinski definition) is 0. The number of rotatable bonds is 4. The topological polar surface area (TPSA) is 15.6 Å². The molecule has 0 saturated carbocycles. The number of amidine groups is 1. The van der Waals surface area contributed by atoms with Crippen LogP contribution in [0, 0.1) is 0 Å². The van der Waals surface area contributed by atoms with Crippen LogP contribution in [0.2, 0.25) is 0 Å².